The average Bonchev–Trinajstić information content (AvgIpc) is 3.24. The summed E-state index contributed by atoms with van der Waals surface area (Å²) in [6.07, 6.45) is 0.493. The molecule has 0 atom stereocenters. The molecule has 25 heavy (non-hydrogen) atoms. The maximum absolute atomic E-state index is 14.1. The topological polar surface area (TPSA) is 71.9 Å². The summed E-state index contributed by atoms with van der Waals surface area (Å²) in [4.78, 5) is 15.3. The molecule has 3 aromatic rings. The van der Waals surface area contributed by atoms with E-state index in [0.29, 0.717) is 19.6 Å². The molecule has 130 valence electrons. The summed E-state index contributed by atoms with van der Waals surface area (Å²) in [7, 11) is 0. The largest absolute Gasteiger partial charge is 0.474 e. The maximum Gasteiger partial charge on any atom is 0.275 e. The molecule has 3 heterocycles. The van der Waals surface area contributed by atoms with Crippen LogP contribution in [0.25, 0.3) is 10.9 Å². The van der Waals surface area contributed by atoms with Gasteiger partial charge in [0, 0.05) is 23.1 Å². The van der Waals surface area contributed by atoms with Crippen LogP contribution in [0.1, 0.15) is 21.7 Å². The molecule has 0 saturated carbocycles. The Morgan fingerprint density at radius 1 is 1.44 bits per heavy atom. The van der Waals surface area contributed by atoms with Crippen molar-refractivity contribution in [2.75, 3.05) is 13.2 Å². The second-order valence-corrected chi connectivity index (χ2v) is 5.96. The molecule has 1 aromatic carbocycles. The lowest BCUT2D eigenvalue weighted by molar-refractivity contribution is 0.0943. The van der Waals surface area contributed by atoms with Crippen LogP contribution in [0.5, 0.6) is 5.88 Å². The van der Waals surface area contributed by atoms with Crippen molar-refractivity contribution in [3.05, 3.63) is 46.8 Å². The quantitative estimate of drug-likeness (QED) is 0.762. The first-order chi connectivity index (χ1) is 12.0. The number of amides is 1. The van der Waals surface area contributed by atoms with E-state index in [9.17, 15) is 13.6 Å². The number of aromatic amines is 1. The number of benzene rings is 1. The van der Waals surface area contributed by atoms with E-state index in [1.54, 1.807) is 6.07 Å². The number of ether oxygens (including phenoxy) is 1. The first kappa shape index (κ1) is 15.6. The Labute approximate surface area is 141 Å². The molecule has 2 N–H and O–H groups in total. The molecule has 0 aliphatic carbocycles. The Kier molecular flexibility index (Phi) is 3.67. The summed E-state index contributed by atoms with van der Waals surface area (Å²) in [5, 5.41) is 7.37. The van der Waals surface area contributed by atoms with Crippen molar-refractivity contribution in [3.8, 4) is 5.88 Å². The average molecular weight is 346 g/mol. The molecule has 2 aromatic heterocycles. The third-order valence-corrected chi connectivity index (χ3v) is 4.35. The van der Waals surface area contributed by atoms with Gasteiger partial charge in [0.05, 0.1) is 6.54 Å². The highest BCUT2D eigenvalue weighted by atomic mass is 19.1. The summed E-state index contributed by atoms with van der Waals surface area (Å²) in [5.41, 5.74) is 2.41. The molecule has 1 aliphatic rings. The molecule has 0 radical (unpaired) electrons. The zero-order chi connectivity index (χ0) is 17.6. The highest BCUT2D eigenvalue weighted by Crippen LogP contribution is 2.25. The molecule has 4 rings (SSSR count). The molecule has 0 spiro atoms. The van der Waals surface area contributed by atoms with Gasteiger partial charge in [-0.2, -0.15) is 9.49 Å². The lowest BCUT2D eigenvalue weighted by atomic mass is 10.1. The number of aryl methyl sites for hydroxylation is 1. The van der Waals surface area contributed by atoms with Gasteiger partial charge in [0.15, 0.2) is 5.69 Å². The number of nitrogens with zero attached hydrogens (tertiary/aromatic N) is 2. The first-order valence-corrected chi connectivity index (χ1v) is 7.98. The Balaban J connectivity index is 1.47. The van der Waals surface area contributed by atoms with Gasteiger partial charge in [-0.05, 0) is 37.1 Å². The lowest BCUT2D eigenvalue weighted by Crippen LogP contribution is -2.27. The number of carbonyl (C=O) groups is 1. The highest BCUT2D eigenvalue weighted by molar-refractivity contribution is 5.93. The Morgan fingerprint density at radius 3 is 3.08 bits per heavy atom. The van der Waals surface area contributed by atoms with Gasteiger partial charge >= 0.3 is 0 Å². The predicted molar refractivity (Wildman–Crippen MR) is 86.7 cm³/mol. The van der Waals surface area contributed by atoms with Gasteiger partial charge in [-0.15, -0.1) is 0 Å². The zero-order valence-electron chi connectivity index (χ0n) is 13.5. The van der Waals surface area contributed by atoms with Gasteiger partial charge < -0.3 is 15.0 Å². The fourth-order valence-electron chi connectivity index (χ4n) is 3.15. The van der Waals surface area contributed by atoms with Gasteiger partial charge in [0.25, 0.3) is 5.91 Å². The second-order valence-electron chi connectivity index (χ2n) is 5.96. The number of aromatic nitrogens is 3. The van der Waals surface area contributed by atoms with Gasteiger partial charge in [-0.3, -0.25) is 4.79 Å². The van der Waals surface area contributed by atoms with E-state index in [1.807, 2.05) is 6.92 Å². The minimum Gasteiger partial charge on any atom is -0.474 e. The molecule has 0 bridgehead atoms. The van der Waals surface area contributed by atoms with E-state index in [-0.39, 0.29) is 23.9 Å². The number of rotatable bonds is 4. The van der Waals surface area contributed by atoms with Crippen LogP contribution < -0.4 is 10.1 Å². The van der Waals surface area contributed by atoms with Gasteiger partial charge in [-0.1, -0.05) is 0 Å². The normalized spacial score (nSPS) is 13.1. The van der Waals surface area contributed by atoms with Crippen molar-refractivity contribution in [1.29, 1.82) is 0 Å². The highest BCUT2D eigenvalue weighted by Gasteiger charge is 2.27. The predicted octanol–water partition coefficient (Wildman–Crippen LogP) is 2.32. The van der Waals surface area contributed by atoms with E-state index in [2.05, 4.69) is 15.4 Å². The van der Waals surface area contributed by atoms with Gasteiger partial charge in [0.2, 0.25) is 11.7 Å². The van der Waals surface area contributed by atoms with Crippen molar-refractivity contribution < 1.29 is 18.3 Å². The van der Waals surface area contributed by atoms with Crippen molar-refractivity contribution >= 4 is 16.8 Å². The fraction of sp³-hybridized carbons (Fsp3) is 0.294. The van der Waals surface area contributed by atoms with Crippen LogP contribution in [-0.4, -0.2) is 33.8 Å². The van der Waals surface area contributed by atoms with Crippen LogP contribution in [0.2, 0.25) is 0 Å². The maximum atomic E-state index is 14.1. The van der Waals surface area contributed by atoms with Crippen molar-refractivity contribution in [2.45, 2.75) is 19.9 Å². The van der Waals surface area contributed by atoms with Crippen LogP contribution in [0.15, 0.2) is 18.2 Å². The molecule has 0 fully saturated rings. The number of H-pyrrole nitrogens is 1. The van der Waals surface area contributed by atoms with Crippen LogP contribution in [0.3, 0.4) is 0 Å². The van der Waals surface area contributed by atoms with E-state index in [4.69, 9.17) is 4.74 Å². The summed E-state index contributed by atoms with van der Waals surface area (Å²) >= 11 is 0. The van der Waals surface area contributed by atoms with E-state index >= 15 is 0 Å². The molecule has 1 aliphatic heterocycles. The number of nitrogens with one attached hydrogen (secondary N) is 2. The van der Waals surface area contributed by atoms with Crippen LogP contribution in [0, 0.1) is 18.6 Å². The molecule has 1 amide bonds. The van der Waals surface area contributed by atoms with E-state index < -0.39 is 11.7 Å². The van der Waals surface area contributed by atoms with Gasteiger partial charge in [0.1, 0.15) is 12.4 Å². The number of hydrogen-bond acceptors (Lipinski definition) is 3. The fourth-order valence-corrected chi connectivity index (χ4v) is 3.15. The zero-order valence-corrected chi connectivity index (χ0v) is 13.5. The Bertz CT molecular complexity index is 977. The number of carbonyl (C=O) groups excluding carboxylic acids is 1. The van der Waals surface area contributed by atoms with Gasteiger partial charge in [-0.25, -0.2) is 9.07 Å². The standard InChI is InChI=1S/C17H16F2N4O2/c1-9-11(12-8-10(18)2-3-13(12)21-9)4-5-20-16(24)15-14(19)17-23(22-15)6-7-25-17/h2-3,8,21H,4-7H2,1H3,(H,20,24). The van der Waals surface area contributed by atoms with Crippen LogP contribution in [0.4, 0.5) is 8.78 Å². The molecular weight excluding hydrogens is 330 g/mol. The monoisotopic (exact) mass is 346 g/mol. The third-order valence-electron chi connectivity index (χ3n) is 4.35. The lowest BCUT2D eigenvalue weighted by Gasteiger charge is -2.04. The van der Waals surface area contributed by atoms with Crippen molar-refractivity contribution in [2.24, 2.45) is 0 Å². The van der Waals surface area contributed by atoms with Crippen molar-refractivity contribution in [1.82, 2.24) is 20.1 Å². The number of halogens is 2. The molecule has 8 heteroatoms. The SMILES string of the molecule is Cc1[nH]c2ccc(F)cc2c1CCNC(=O)c1nn2c(c1F)OCC2. The minimum absolute atomic E-state index is 0.00750. The number of fused-ring (bicyclic) bond motifs is 2. The van der Waals surface area contributed by atoms with Crippen molar-refractivity contribution in [3.63, 3.8) is 0 Å². The van der Waals surface area contributed by atoms with E-state index in [0.717, 1.165) is 22.2 Å². The minimum atomic E-state index is -0.736. The second kappa shape index (κ2) is 5.87. The summed E-state index contributed by atoms with van der Waals surface area (Å²) in [6.45, 7) is 2.97. The Morgan fingerprint density at radius 2 is 2.28 bits per heavy atom. The summed E-state index contributed by atoms with van der Waals surface area (Å²) in [5.74, 6) is -1.63. The molecule has 0 saturated heterocycles. The molecular formula is C17H16F2N4O2. The van der Waals surface area contributed by atoms with Crippen LogP contribution >= 0.6 is 0 Å². The van der Waals surface area contributed by atoms with Crippen LogP contribution in [-0.2, 0) is 13.0 Å². The molecule has 6 nitrogen and oxygen atoms in total. The summed E-state index contributed by atoms with van der Waals surface area (Å²) in [6, 6.07) is 4.54. The smallest absolute Gasteiger partial charge is 0.275 e. The van der Waals surface area contributed by atoms with E-state index in [1.165, 1.54) is 16.8 Å². The summed E-state index contributed by atoms with van der Waals surface area (Å²) < 4.78 is 34.0. The third kappa shape index (κ3) is 2.63. The first-order valence-electron chi connectivity index (χ1n) is 7.98. The Hall–Kier alpha value is -2.90. The molecule has 0 unspecified atom stereocenters. The number of hydrogen-bond donors (Lipinski definition) is 2.